The summed E-state index contributed by atoms with van der Waals surface area (Å²) < 4.78 is 28.4. The molecule has 2 aliphatic heterocycles. The molecule has 1 fully saturated rings. The molecule has 0 unspecified atom stereocenters. The molecular weight excluding hydrogens is 324 g/mol. The Bertz CT molecular complexity index is 730. The summed E-state index contributed by atoms with van der Waals surface area (Å²) in [6.07, 6.45) is 0.559. The van der Waals surface area contributed by atoms with Crippen molar-refractivity contribution in [3.8, 4) is 0 Å². The summed E-state index contributed by atoms with van der Waals surface area (Å²) >= 11 is 0. The minimum absolute atomic E-state index is 0.211. The molecule has 0 amide bonds. The lowest BCUT2D eigenvalue weighted by Crippen LogP contribution is -2.43. The highest BCUT2D eigenvalue weighted by Gasteiger charge is 2.32. The van der Waals surface area contributed by atoms with E-state index in [1.54, 1.807) is 0 Å². The van der Waals surface area contributed by atoms with Crippen LogP contribution in [0.4, 0.5) is 11.4 Å². The van der Waals surface area contributed by atoms with Crippen LogP contribution in [0.5, 0.6) is 0 Å². The Hall–Kier alpha value is -1.75. The van der Waals surface area contributed by atoms with Crippen molar-refractivity contribution in [3.05, 3.63) is 27.8 Å². The number of nitro groups is 1. The molecule has 0 spiro atoms. The molecule has 0 saturated carbocycles. The van der Waals surface area contributed by atoms with Gasteiger partial charge in [0, 0.05) is 25.7 Å². The van der Waals surface area contributed by atoms with Gasteiger partial charge in [0.1, 0.15) is 5.69 Å². The van der Waals surface area contributed by atoms with Gasteiger partial charge in [-0.15, -0.1) is 0 Å². The third-order valence-electron chi connectivity index (χ3n) is 4.11. The summed E-state index contributed by atoms with van der Waals surface area (Å²) in [5, 5.41) is 16.5. The molecule has 2 aliphatic rings. The number of rotatable bonds is 4. The second-order valence-corrected chi connectivity index (χ2v) is 7.20. The molecule has 0 atom stereocenters. The van der Waals surface area contributed by atoms with E-state index in [4.69, 9.17) is 9.88 Å². The number of benzene rings is 1. The number of morpholine rings is 1. The number of primary sulfonamides is 1. The summed E-state index contributed by atoms with van der Waals surface area (Å²) in [6, 6.07) is 2.49. The van der Waals surface area contributed by atoms with E-state index >= 15 is 0 Å². The number of hydrogen-bond donors (Lipinski definition) is 1. The normalized spacial score (nSPS) is 18.9. The average Bonchev–Trinajstić information content (AvgIpc) is 2.89. The van der Waals surface area contributed by atoms with Crippen molar-refractivity contribution in [1.82, 2.24) is 4.90 Å². The first kappa shape index (κ1) is 16.1. The third-order valence-corrected chi connectivity index (χ3v) is 5.00. The van der Waals surface area contributed by atoms with Crippen LogP contribution in [-0.4, -0.2) is 57.8 Å². The van der Waals surface area contributed by atoms with Crippen LogP contribution in [0.25, 0.3) is 0 Å². The zero-order valence-corrected chi connectivity index (χ0v) is 13.3. The van der Waals surface area contributed by atoms with Gasteiger partial charge in [-0.3, -0.25) is 15.0 Å². The first-order valence-electron chi connectivity index (χ1n) is 7.25. The van der Waals surface area contributed by atoms with E-state index in [0.29, 0.717) is 44.1 Å². The van der Waals surface area contributed by atoms with E-state index in [-0.39, 0.29) is 10.6 Å². The molecule has 10 heteroatoms. The molecule has 1 aromatic carbocycles. The predicted octanol–water partition coefficient (Wildman–Crippen LogP) is -0.106. The largest absolute Gasteiger partial charge is 0.379 e. The van der Waals surface area contributed by atoms with Gasteiger partial charge in [-0.25, -0.2) is 13.6 Å². The van der Waals surface area contributed by atoms with Crippen molar-refractivity contribution in [2.24, 2.45) is 5.14 Å². The molecule has 0 aliphatic carbocycles. The Labute approximate surface area is 133 Å². The van der Waals surface area contributed by atoms with Crippen molar-refractivity contribution in [2.75, 3.05) is 44.4 Å². The molecule has 23 heavy (non-hydrogen) atoms. The van der Waals surface area contributed by atoms with Crippen LogP contribution in [-0.2, 0) is 21.2 Å². The predicted molar refractivity (Wildman–Crippen MR) is 82.8 cm³/mol. The number of anilines is 1. The minimum Gasteiger partial charge on any atom is -0.379 e. The standard InChI is InChI=1S/C13H18N4O5S/c14-23(20,21)11-7-10-1-2-16(9-15-3-5-22-6-4-15)13(10)12(8-11)17(18)19/h7-8H,1-6,9H2,(H2,14,20,21). The number of fused-ring (bicyclic) bond motifs is 1. The van der Waals surface area contributed by atoms with E-state index in [0.717, 1.165) is 19.2 Å². The maximum atomic E-state index is 11.5. The minimum atomic E-state index is -3.98. The quantitative estimate of drug-likeness (QED) is 0.599. The summed E-state index contributed by atoms with van der Waals surface area (Å²) in [5.74, 6) is 0. The Kier molecular flexibility index (Phi) is 4.23. The first-order valence-corrected chi connectivity index (χ1v) is 8.80. The maximum absolute atomic E-state index is 11.5. The van der Waals surface area contributed by atoms with Gasteiger partial charge in [0.15, 0.2) is 0 Å². The maximum Gasteiger partial charge on any atom is 0.294 e. The van der Waals surface area contributed by atoms with E-state index in [2.05, 4.69) is 4.90 Å². The molecule has 1 aromatic rings. The number of nitro benzene ring substituents is 1. The number of nitrogens with zero attached hydrogens (tertiary/aromatic N) is 3. The fourth-order valence-electron chi connectivity index (χ4n) is 3.00. The van der Waals surface area contributed by atoms with Crippen molar-refractivity contribution in [1.29, 1.82) is 0 Å². The number of nitrogens with two attached hydrogens (primary N) is 1. The lowest BCUT2D eigenvalue weighted by Gasteiger charge is -2.31. The topological polar surface area (TPSA) is 119 Å². The van der Waals surface area contributed by atoms with Crippen molar-refractivity contribution in [3.63, 3.8) is 0 Å². The molecule has 126 valence electrons. The van der Waals surface area contributed by atoms with Crippen LogP contribution in [0.1, 0.15) is 5.56 Å². The van der Waals surface area contributed by atoms with Crippen molar-refractivity contribution < 1.29 is 18.1 Å². The summed E-state index contributed by atoms with van der Waals surface area (Å²) in [4.78, 5) is 14.7. The van der Waals surface area contributed by atoms with Crippen LogP contribution < -0.4 is 10.0 Å². The Morgan fingerprint density at radius 3 is 2.57 bits per heavy atom. The van der Waals surface area contributed by atoms with Crippen LogP contribution in [0.2, 0.25) is 0 Å². The van der Waals surface area contributed by atoms with Gasteiger partial charge in [-0.05, 0) is 18.1 Å². The first-order chi connectivity index (χ1) is 10.9. The van der Waals surface area contributed by atoms with Gasteiger partial charge in [-0.1, -0.05) is 0 Å². The second kappa shape index (κ2) is 6.04. The van der Waals surface area contributed by atoms with Gasteiger partial charge in [0.05, 0.1) is 29.7 Å². The molecule has 3 rings (SSSR count). The van der Waals surface area contributed by atoms with E-state index in [9.17, 15) is 18.5 Å². The van der Waals surface area contributed by atoms with Gasteiger partial charge in [-0.2, -0.15) is 0 Å². The zero-order valence-electron chi connectivity index (χ0n) is 12.5. The highest BCUT2D eigenvalue weighted by molar-refractivity contribution is 7.89. The lowest BCUT2D eigenvalue weighted by atomic mass is 10.1. The molecule has 0 bridgehead atoms. The van der Waals surface area contributed by atoms with Crippen LogP contribution in [0.3, 0.4) is 0 Å². The zero-order chi connectivity index (χ0) is 16.6. The smallest absolute Gasteiger partial charge is 0.294 e. The van der Waals surface area contributed by atoms with Crippen LogP contribution >= 0.6 is 0 Å². The molecule has 2 N–H and O–H groups in total. The van der Waals surface area contributed by atoms with Gasteiger partial charge >= 0.3 is 0 Å². The van der Waals surface area contributed by atoms with Crippen molar-refractivity contribution in [2.45, 2.75) is 11.3 Å². The average molecular weight is 342 g/mol. The van der Waals surface area contributed by atoms with Gasteiger partial charge < -0.3 is 9.64 Å². The Balaban J connectivity index is 1.95. The summed E-state index contributed by atoms with van der Waals surface area (Å²) in [7, 11) is -3.98. The fourth-order valence-corrected chi connectivity index (χ4v) is 3.58. The van der Waals surface area contributed by atoms with E-state index < -0.39 is 14.9 Å². The Morgan fingerprint density at radius 2 is 1.96 bits per heavy atom. The molecule has 0 radical (unpaired) electrons. The SMILES string of the molecule is NS(=O)(=O)c1cc2c(c([N+](=O)[O-])c1)N(CN1CCOCC1)CC2. The highest BCUT2D eigenvalue weighted by Crippen LogP contribution is 2.39. The lowest BCUT2D eigenvalue weighted by molar-refractivity contribution is -0.384. The third kappa shape index (κ3) is 3.29. The van der Waals surface area contributed by atoms with Gasteiger partial charge in [0.25, 0.3) is 5.69 Å². The van der Waals surface area contributed by atoms with E-state index in [1.807, 2.05) is 4.90 Å². The molecule has 2 heterocycles. The summed E-state index contributed by atoms with van der Waals surface area (Å²) in [6.45, 7) is 4.01. The highest BCUT2D eigenvalue weighted by atomic mass is 32.2. The van der Waals surface area contributed by atoms with Crippen LogP contribution in [0, 0.1) is 10.1 Å². The monoisotopic (exact) mass is 342 g/mol. The molecule has 9 nitrogen and oxygen atoms in total. The Morgan fingerprint density at radius 1 is 1.26 bits per heavy atom. The fraction of sp³-hybridized carbons (Fsp3) is 0.538. The second-order valence-electron chi connectivity index (χ2n) is 5.64. The number of ether oxygens (including phenoxy) is 1. The van der Waals surface area contributed by atoms with Crippen LogP contribution in [0.15, 0.2) is 17.0 Å². The number of sulfonamides is 1. The van der Waals surface area contributed by atoms with Gasteiger partial charge in [0.2, 0.25) is 10.0 Å². The molecule has 0 aromatic heterocycles. The molecular formula is C13H18N4O5S. The molecule has 1 saturated heterocycles. The number of hydrogen-bond acceptors (Lipinski definition) is 7. The van der Waals surface area contributed by atoms with Crippen molar-refractivity contribution >= 4 is 21.4 Å². The van der Waals surface area contributed by atoms with E-state index in [1.165, 1.54) is 6.07 Å². The summed E-state index contributed by atoms with van der Waals surface area (Å²) in [5.41, 5.74) is 0.933.